The monoisotopic (exact) mass is 467 g/mol. The first kappa shape index (κ1) is 22.7. The molecule has 172 valence electrons. The number of aliphatic hydroxyl groups excluding tert-OH is 1. The van der Waals surface area contributed by atoms with Gasteiger partial charge >= 0.3 is 0 Å². The Bertz CT molecular complexity index is 1200. The zero-order valence-corrected chi connectivity index (χ0v) is 19.4. The summed E-state index contributed by atoms with van der Waals surface area (Å²) in [5.41, 5.74) is 4.18. The van der Waals surface area contributed by atoms with E-state index in [1.165, 1.54) is 12.1 Å². The normalized spacial score (nSPS) is 17.8. The molecule has 0 saturated carbocycles. The summed E-state index contributed by atoms with van der Waals surface area (Å²) in [6.07, 6.45) is 1.74. The van der Waals surface area contributed by atoms with Crippen LogP contribution in [0.4, 0.5) is 5.69 Å². The number of ether oxygens (including phenoxy) is 1. The topological polar surface area (TPSA) is 106 Å². The maximum absolute atomic E-state index is 11.4. The Morgan fingerprint density at radius 2 is 2.06 bits per heavy atom. The molecule has 0 amide bonds. The molecule has 9 nitrogen and oxygen atoms in total. The zero-order chi connectivity index (χ0) is 23.7. The van der Waals surface area contributed by atoms with Gasteiger partial charge in [-0.2, -0.15) is 0 Å². The van der Waals surface area contributed by atoms with Gasteiger partial charge in [-0.3, -0.25) is 15.1 Å². The molecule has 1 aliphatic heterocycles. The molecular weight excluding hydrogens is 442 g/mol. The van der Waals surface area contributed by atoms with Gasteiger partial charge in [0.05, 0.1) is 42.1 Å². The maximum Gasteiger partial charge on any atom is 0.271 e. The number of hydrogen-bond acceptors (Lipinski definition) is 6. The van der Waals surface area contributed by atoms with Crippen molar-refractivity contribution in [2.24, 2.45) is 0 Å². The highest BCUT2D eigenvalue weighted by Crippen LogP contribution is 2.42. The Labute approximate surface area is 196 Å². The molecule has 3 heterocycles. The SMILES string of the molecule is COc1ccc([N+](=O)[O-])cc1-n1c(C)cc([C@H]2[C@@H](c3ccccn3)NC(=S)N2CCO)c1C. The fourth-order valence-corrected chi connectivity index (χ4v) is 4.85. The van der Waals surface area contributed by atoms with Crippen LogP contribution in [0.3, 0.4) is 0 Å². The Kier molecular flexibility index (Phi) is 6.30. The number of nitro benzene ring substituents is 1. The number of pyridine rings is 1. The van der Waals surface area contributed by atoms with Gasteiger partial charge in [0.25, 0.3) is 5.69 Å². The first-order valence-corrected chi connectivity index (χ1v) is 10.9. The third-order valence-corrected chi connectivity index (χ3v) is 6.29. The molecule has 1 saturated heterocycles. The average molecular weight is 468 g/mol. The fourth-order valence-electron chi connectivity index (χ4n) is 4.52. The average Bonchev–Trinajstić information content (AvgIpc) is 3.29. The molecular formula is C23H25N5O4S. The Hall–Kier alpha value is -3.50. The fraction of sp³-hybridized carbons (Fsp3) is 0.304. The molecule has 1 fully saturated rings. The molecule has 2 aromatic heterocycles. The lowest BCUT2D eigenvalue weighted by Gasteiger charge is -2.27. The number of nitrogens with zero attached hydrogens (tertiary/aromatic N) is 4. The minimum absolute atomic E-state index is 0.0168. The van der Waals surface area contributed by atoms with Gasteiger partial charge in [-0.25, -0.2) is 0 Å². The van der Waals surface area contributed by atoms with Gasteiger partial charge in [-0.15, -0.1) is 0 Å². The first-order chi connectivity index (χ1) is 15.9. The molecule has 0 radical (unpaired) electrons. The summed E-state index contributed by atoms with van der Waals surface area (Å²) in [5, 5.41) is 25.0. The predicted octanol–water partition coefficient (Wildman–Crippen LogP) is 3.37. The standard InChI is InChI=1S/C23H25N5O4S/c1-14-12-17(15(2)27(14)19-13-16(28(30)31)7-8-20(19)32-3)22-21(18-6-4-5-9-24-18)25-23(33)26(22)10-11-29/h4-9,12-13,21-22,29H,10-11H2,1-3H3,(H,25,33)/t21-,22+/m1/s1. The highest BCUT2D eigenvalue weighted by atomic mass is 32.1. The van der Waals surface area contributed by atoms with Crippen LogP contribution < -0.4 is 10.1 Å². The molecule has 4 rings (SSSR count). The lowest BCUT2D eigenvalue weighted by molar-refractivity contribution is -0.384. The number of nitro groups is 1. The summed E-state index contributed by atoms with van der Waals surface area (Å²) >= 11 is 5.60. The summed E-state index contributed by atoms with van der Waals surface area (Å²) in [6.45, 7) is 4.23. The van der Waals surface area contributed by atoms with Crippen molar-refractivity contribution in [3.05, 3.63) is 81.4 Å². The molecule has 10 heteroatoms. The van der Waals surface area contributed by atoms with E-state index in [0.29, 0.717) is 23.1 Å². The number of rotatable bonds is 7. The van der Waals surface area contributed by atoms with E-state index in [2.05, 4.69) is 10.3 Å². The number of nitrogens with one attached hydrogen (secondary N) is 1. The van der Waals surface area contributed by atoms with E-state index in [1.54, 1.807) is 19.4 Å². The van der Waals surface area contributed by atoms with Gasteiger partial charge in [0, 0.05) is 36.3 Å². The van der Waals surface area contributed by atoms with E-state index >= 15 is 0 Å². The molecule has 0 spiro atoms. The second-order valence-corrected chi connectivity index (χ2v) is 8.21. The van der Waals surface area contributed by atoms with Crippen molar-refractivity contribution in [3.8, 4) is 11.4 Å². The highest BCUT2D eigenvalue weighted by molar-refractivity contribution is 7.80. The molecule has 0 bridgehead atoms. The number of hydrogen-bond donors (Lipinski definition) is 2. The zero-order valence-electron chi connectivity index (χ0n) is 18.6. The van der Waals surface area contributed by atoms with E-state index in [1.807, 2.05) is 47.6 Å². The number of benzene rings is 1. The minimum Gasteiger partial charge on any atom is -0.495 e. The van der Waals surface area contributed by atoms with E-state index in [0.717, 1.165) is 22.6 Å². The van der Waals surface area contributed by atoms with Crippen molar-refractivity contribution in [2.75, 3.05) is 20.3 Å². The molecule has 0 aliphatic carbocycles. The number of aromatic nitrogens is 2. The second-order valence-electron chi connectivity index (χ2n) is 7.82. The van der Waals surface area contributed by atoms with Crippen molar-refractivity contribution < 1.29 is 14.8 Å². The Morgan fingerprint density at radius 3 is 2.70 bits per heavy atom. The quantitative estimate of drug-likeness (QED) is 0.310. The number of β-amino-alcohol motifs (C(OH)–C–C–N with tert-alkyl or cyclic N) is 1. The smallest absolute Gasteiger partial charge is 0.271 e. The van der Waals surface area contributed by atoms with Gasteiger partial charge in [0.1, 0.15) is 5.75 Å². The van der Waals surface area contributed by atoms with Gasteiger partial charge in [-0.05, 0) is 55.9 Å². The van der Waals surface area contributed by atoms with Crippen LogP contribution in [0.25, 0.3) is 5.69 Å². The predicted molar refractivity (Wildman–Crippen MR) is 128 cm³/mol. The van der Waals surface area contributed by atoms with Crippen LogP contribution in [0.2, 0.25) is 0 Å². The van der Waals surface area contributed by atoms with Crippen LogP contribution >= 0.6 is 12.2 Å². The van der Waals surface area contributed by atoms with Gasteiger partial charge in [0.2, 0.25) is 0 Å². The van der Waals surface area contributed by atoms with E-state index in [4.69, 9.17) is 17.0 Å². The third-order valence-electron chi connectivity index (χ3n) is 5.94. The van der Waals surface area contributed by atoms with Crippen LogP contribution in [0.1, 0.15) is 34.7 Å². The van der Waals surface area contributed by atoms with Gasteiger partial charge < -0.3 is 24.6 Å². The largest absolute Gasteiger partial charge is 0.495 e. The lowest BCUT2D eigenvalue weighted by Crippen LogP contribution is -2.32. The number of methoxy groups -OCH3 is 1. The van der Waals surface area contributed by atoms with Crippen LogP contribution in [0.5, 0.6) is 5.75 Å². The van der Waals surface area contributed by atoms with E-state index in [9.17, 15) is 15.2 Å². The molecule has 2 N–H and O–H groups in total. The summed E-state index contributed by atoms with van der Waals surface area (Å²) in [5.74, 6) is 0.530. The third kappa shape index (κ3) is 4.03. The number of non-ortho nitro benzene ring substituents is 1. The lowest BCUT2D eigenvalue weighted by atomic mass is 9.97. The van der Waals surface area contributed by atoms with Gasteiger partial charge in [-0.1, -0.05) is 6.07 Å². The highest BCUT2D eigenvalue weighted by Gasteiger charge is 2.41. The van der Waals surface area contributed by atoms with Crippen LogP contribution in [-0.4, -0.2) is 49.9 Å². The molecule has 33 heavy (non-hydrogen) atoms. The van der Waals surface area contributed by atoms with Crippen LogP contribution in [-0.2, 0) is 0 Å². The minimum atomic E-state index is -0.419. The number of thiocarbonyl (C=S) groups is 1. The molecule has 1 aliphatic rings. The van der Waals surface area contributed by atoms with Crippen molar-refractivity contribution in [1.29, 1.82) is 0 Å². The molecule has 2 atom stereocenters. The Morgan fingerprint density at radius 1 is 1.27 bits per heavy atom. The summed E-state index contributed by atoms with van der Waals surface area (Å²) in [6, 6.07) is 11.9. The van der Waals surface area contributed by atoms with E-state index < -0.39 is 4.92 Å². The maximum atomic E-state index is 11.4. The number of aliphatic hydroxyl groups is 1. The number of aryl methyl sites for hydroxylation is 1. The second kappa shape index (κ2) is 9.16. The van der Waals surface area contributed by atoms with Crippen LogP contribution in [0.15, 0.2) is 48.7 Å². The molecule has 3 aromatic rings. The van der Waals surface area contributed by atoms with E-state index in [-0.39, 0.29) is 24.4 Å². The van der Waals surface area contributed by atoms with Crippen molar-refractivity contribution in [1.82, 2.24) is 19.8 Å². The Balaban J connectivity index is 1.88. The van der Waals surface area contributed by atoms with Crippen molar-refractivity contribution in [2.45, 2.75) is 25.9 Å². The van der Waals surface area contributed by atoms with Crippen LogP contribution in [0, 0.1) is 24.0 Å². The van der Waals surface area contributed by atoms with Crippen molar-refractivity contribution in [3.63, 3.8) is 0 Å². The summed E-state index contributed by atoms with van der Waals surface area (Å²) < 4.78 is 7.47. The summed E-state index contributed by atoms with van der Waals surface area (Å²) in [4.78, 5) is 17.5. The van der Waals surface area contributed by atoms with Gasteiger partial charge in [0.15, 0.2) is 5.11 Å². The van der Waals surface area contributed by atoms with Crippen molar-refractivity contribution >= 4 is 23.0 Å². The molecule has 0 unspecified atom stereocenters. The first-order valence-electron chi connectivity index (χ1n) is 10.5. The summed E-state index contributed by atoms with van der Waals surface area (Å²) in [7, 11) is 1.54. The molecule has 1 aromatic carbocycles.